The summed E-state index contributed by atoms with van der Waals surface area (Å²) in [6.45, 7) is 2.17. The predicted octanol–water partition coefficient (Wildman–Crippen LogP) is 1.16. The summed E-state index contributed by atoms with van der Waals surface area (Å²) in [5, 5.41) is 34.5. The van der Waals surface area contributed by atoms with Gasteiger partial charge in [-0.3, -0.25) is 9.59 Å². The van der Waals surface area contributed by atoms with Crippen LogP contribution in [0.15, 0.2) is 12.2 Å². The van der Waals surface area contributed by atoms with E-state index in [1.54, 1.807) is 12.2 Å². The van der Waals surface area contributed by atoms with Crippen molar-refractivity contribution in [3.8, 4) is 0 Å². The van der Waals surface area contributed by atoms with Crippen LogP contribution in [0.4, 0.5) is 0 Å². The molecule has 0 saturated heterocycles. The fraction of sp³-hybridized carbons (Fsp3) is 0.692. The van der Waals surface area contributed by atoms with Gasteiger partial charge in [0.05, 0.1) is 11.2 Å². The number of rotatable bonds is 0. The lowest BCUT2D eigenvalue weighted by atomic mass is 9.94. The molecule has 0 heterocycles. The van der Waals surface area contributed by atoms with Gasteiger partial charge in [0.1, 0.15) is 0 Å². The quantitative estimate of drug-likeness (QED) is 0.493. The minimum Gasteiger partial charge on any atom is -0.481 e. The number of carboxylic acids is 2. The molecule has 110 valence electrons. The summed E-state index contributed by atoms with van der Waals surface area (Å²) >= 11 is 0. The van der Waals surface area contributed by atoms with Crippen LogP contribution in [0.3, 0.4) is 0 Å². The van der Waals surface area contributed by atoms with Gasteiger partial charge in [0, 0.05) is 20.3 Å². The lowest BCUT2D eigenvalue weighted by molar-refractivity contribution is -0.135. The first-order chi connectivity index (χ1) is 8.59. The van der Waals surface area contributed by atoms with Crippen molar-refractivity contribution < 1.29 is 30.0 Å². The van der Waals surface area contributed by atoms with Gasteiger partial charge in [0.25, 0.3) is 11.9 Å². The molecule has 0 amide bonds. The first-order valence-corrected chi connectivity index (χ1v) is 6.13. The molecule has 2 aliphatic rings. The Labute approximate surface area is 112 Å². The first kappa shape index (κ1) is 17.6. The Kier molecular flexibility index (Phi) is 6.72. The van der Waals surface area contributed by atoms with E-state index >= 15 is 0 Å². The zero-order valence-corrected chi connectivity index (χ0v) is 11.3. The molecular weight excluding hydrogens is 252 g/mol. The molecule has 2 bridgehead atoms. The lowest BCUT2D eigenvalue weighted by Gasteiger charge is -2.22. The van der Waals surface area contributed by atoms with Crippen molar-refractivity contribution in [3.05, 3.63) is 12.2 Å². The molecule has 0 aromatic heterocycles. The van der Waals surface area contributed by atoms with E-state index in [1.807, 2.05) is 0 Å². The Bertz CT molecular complexity index is 311. The molecule has 1 saturated carbocycles. The van der Waals surface area contributed by atoms with Gasteiger partial charge in [0.2, 0.25) is 0 Å². The fourth-order valence-electron chi connectivity index (χ4n) is 2.16. The number of hydrogen-bond acceptors (Lipinski definition) is 4. The van der Waals surface area contributed by atoms with E-state index in [1.165, 1.54) is 0 Å². The van der Waals surface area contributed by atoms with Crippen LogP contribution >= 0.6 is 0 Å². The molecular formula is C13H22O6. The highest BCUT2D eigenvalue weighted by Crippen LogP contribution is 2.40. The topological polar surface area (TPSA) is 115 Å². The van der Waals surface area contributed by atoms with Gasteiger partial charge in [-0.25, -0.2) is 0 Å². The standard InChI is InChI=1S/C9H14O2.2C2H4O2/c10-8-3-1-2-4-9(11,7-8)6-5-8;2*1-2(3)4/h5-6,10-11H,1-4,7H2;2*1H3,(H,3,4). The van der Waals surface area contributed by atoms with Gasteiger partial charge < -0.3 is 20.4 Å². The van der Waals surface area contributed by atoms with Crippen LogP contribution < -0.4 is 0 Å². The molecule has 0 aliphatic heterocycles. The molecule has 0 aromatic carbocycles. The normalized spacial score (nSPS) is 31.2. The summed E-state index contributed by atoms with van der Waals surface area (Å²) in [5.74, 6) is -1.67. The maximum Gasteiger partial charge on any atom is 0.300 e. The van der Waals surface area contributed by atoms with Crippen molar-refractivity contribution in [1.82, 2.24) is 0 Å². The van der Waals surface area contributed by atoms with E-state index in [2.05, 4.69) is 0 Å². The van der Waals surface area contributed by atoms with E-state index in [9.17, 15) is 10.2 Å². The van der Waals surface area contributed by atoms with Gasteiger partial charge in [-0.15, -0.1) is 0 Å². The van der Waals surface area contributed by atoms with Crippen LogP contribution in [0.25, 0.3) is 0 Å². The molecule has 2 rings (SSSR count). The predicted molar refractivity (Wildman–Crippen MR) is 68.7 cm³/mol. The Morgan fingerprint density at radius 1 is 0.895 bits per heavy atom. The highest BCUT2D eigenvalue weighted by molar-refractivity contribution is 5.63. The lowest BCUT2D eigenvalue weighted by Crippen LogP contribution is -2.30. The third-order valence-corrected chi connectivity index (χ3v) is 2.79. The van der Waals surface area contributed by atoms with Crippen molar-refractivity contribution in [2.75, 3.05) is 0 Å². The van der Waals surface area contributed by atoms with Crippen LogP contribution in [0.1, 0.15) is 46.0 Å². The molecule has 0 radical (unpaired) electrons. The SMILES string of the molecule is CC(=O)O.CC(=O)O.OC12C=CC(O)(CCCC1)C2. The van der Waals surface area contributed by atoms with Gasteiger partial charge in [0.15, 0.2) is 0 Å². The average Bonchev–Trinajstić information content (AvgIpc) is 2.39. The van der Waals surface area contributed by atoms with Crippen molar-refractivity contribution in [2.24, 2.45) is 0 Å². The van der Waals surface area contributed by atoms with E-state index in [0.29, 0.717) is 6.42 Å². The molecule has 2 aliphatic carbocycles. The molecule has 2 unspecified atom stereocenters. The third kappa shape index (κ3) is 8.34. The van der Waals surface area contributed by atoms with Gasteiger partial charge in [-0.1, -0.05) is 25.0 Å². The van der Waals surface area contributed by atoms with Crippen molar-refractivity contribution in [1.29, 1.82) is 0 Å². The van der Waals surface area contributed by atoms with Crippen molar-refractivity contribution in [3.63, 3.8) is 0 Å². The molecule has 19 heavy (non-hydrogen) atoms. The van der Waals surface area contributed by atoms with E-state index < -0.39 is 23.1 Å². The number of hydrogen-bond donors (Lipinski definition) is 4. The van der Waals surface area contributed by atoms with Crippen LogP contribution in [0, 0.1) is 0 Å². The van der Waals surface area contributed by atoms with Crippen molar-refractivity contribution in [2.45, 2.75) is 57.2 Å². The second-order valence-electron chi connectivity index (χ2n) is 4.96. The Hall–Kier alpha value is -1.40. The average molecular weight is 274 g/mol. The zero-order valence-electron chi connectivity index (χ0n) is 11.3. The number of carbonyl (C=O) groups is 2. The highest BCUT2D eigenvalue weighted by atomic mass is 16.4. The number of aliphatic carboxylic acids is 2. The summed E-state index contributed by atoms with van der Waals surface area (Å²) in [6.07, 6.45) is 7.74. The summed E-state index contributed by atoms with van der Waals surface area (Å²) in [7, 11) is 0. The van der Waals surface area contributed by atoms with Gasteiger partial charge in [-0.2, -0.15) is 0 Å². The molecule has 2 atom stereocenters. The maximum absolute atomic E-state index is 9.82. The first-order valence-electron chi connectivity index (χ1n) is 6.13. The van der Waals surface area contributed by atoms with Crippen LogP contribution in [0.2, 0.25) is 0 Å². The molecule has 4 N–H and O–H groups in total. The minimum absolute atomic E-state index is 0.514. The van der Waals surface area contributed by atoms with E-state index in [4.69, 9.17) is 19.8 Å². The third-order valence-electron chi connectivity index (χ3n) is 2.79. The Morgan fingerprint density at radius 2 is 1.16 bits per heavy atom. The van der Waals surface area contributed by atoms with Gasteiger partial charge in [-0.05, 0) is 12.8 Å². The second kappa shape index (κ2) is 7.25. The monoisotopic (exact) mass is 274 g/mol. The Balaban J connectivity index is 0.000000342. The smallest absolute Gasteiger partial charge is 0.300 e. The van der Waals surface area contributed by atoms with Crippen LogP contribution in [0.5, 0.6) is 0 Å². The van der Waals surface area contributed by atoms with Crippen LogP contribution in [-0.2, 0) is 9.59 Å². The molecule has 0 spiro atoms. The number of fused-ring (bicyclic) bond motifs is 2. The highest BCUT2D eigenvalue weighted by Gasteiger charge is 2.42. The summed E-state index contributed by atoms with van der Waals surface area (Å²) in [4.78, 5) is 18.0. The summed E-state index contributed by atoms with van der Waals surface area (Å²) in [5.41, 5.74) is -1.38. The summed E-state index contributed by atoms with van der Waals surface area (Å²) < 4.78 is 0. The van der Waals surface area contributed by atoms with Crippen LogP contribution in [-0.4, -0.2) is 43.6 Å². The zero-order chi connectivity index (χ0) is 15.1. The van der Waals surface area contributed by atoms with Gasteiger partial charge >= 0.3 is 0 Å². The second-order valence-corrected chi connectivity index (χ2v) is 4.96. The summed E-state index contributed by atoms with van der Waals surface area (Å²) in [6, 6.07) is 0. The maximum atomic E-state index is 9.82. The molecule has 1 fully saturated rings. The van der Waals surface area contributed by atoms with Crippen molar-refractivity contribution >= 4 is 11.9 Å². The molecule has 6 nitrogen and oxygen atoms in total. The number of carboxylic acid groups (broad SMARTS) is 2. The minimum atomic E-state index is -0.833. The fourth-order valence-corrected chi connectivity index (χ4v) is 2.16. The van der Waals surface area contributed by atoms with E-state index in [0.717, 1.165) is 39.5 Å². The Morgan fingerprint density at radius 3 is 1.42 bits per heavy atom. The number of aliphatic hydroxyl groups is 2. The molecule has 0 aromatic rings. The largest absolute Gasteiger partial charge is 0.481 e. The molecule has 6 heteroatoms. The van der Waals surface area contributed by atoms with E-state index in [-0.39, 0.29) is 0 Å².